The highest BCUT2D eigenvalue weighted by Crippen LogP contribution is 2.23. The van der Waals surface area contributed by atoms with Crippen LogP contribution >= 0.6 is 15.9 Å². The van der Waals surface area contributed by atoms with Crippen LogP contribution in [0, 0.1) is 5.82 Å². The van der Waals surface area contributed by atoms with Crippen LogP contribution in [0.1, 0.15) is 6.42 Å². The molecule has 1 amide bonds. The summed E-state index contributed by atoms with van der Waals surface area (Å²) in [6.45, 7) is 0.245. The summed E-state index contributed by atoms with van der Waals surface area (Å²) in [5, 5.41) is 2.68. The van der Waals surface area contributed by atoms with Gasteiger partial charge in [-0.2, -0.15) is 0 Å². The highest BCUT2D eigenvalue weighted by molar-refractivity contribution is 9.10. The lowest BCUT2D eigenvalue weighted by Crippen LogP contribution is -2.15. The second-order valence-electron chi connectivity index (χ2n) is 4.34. The Labute approximate surface area is 130 Å². The topological polar surface area (TPSA) is 64.3 Å². The molecule has 0 spiro atoms. The van der Waals surface area contributed by atoms with Crippen molar-refractivity contribution < 1.29 is 13.9 Å². The zero-order valence-corrected chi connectivity index (χ0v) is 12.7. The predicted molar refractivity (Wildman–Crippen MR) is 83.7 cm³/mol. The van der Waals surface area contributed by atoms with Gasteiger partial charge >= 0.3 is 0 Å². The molecular weight excluding hydrogens is 339 g/mol. The number of carbonyl (C=O) groups excluding carboxylic acids is 1. The van der Waals surface area contributed by atoms with E-state index >= 15 is 0 Å². The minimum atomic E-state index is -0.369. The predicted octanol–water partition coefficient (Wildman–Crippen LogP) is 3.58. The third kappa shape index (κ3) is 4.75. The summed E-state index contributed by atoms with van der Waals surface area (Å²) < 4.78 is 18.9. The fourth-order valence-corrected chi connectivity index (χ4v) is 2.08. The van der Waals surface area contributed by atoms with E-state index in [0.717, 1.165) is 0 Å². The largest absolute Gasteiger partial charge is 0.493 e. The van der Waals surface area contributed by atoms with Crippen LogP contribution in [-0.4, -0.2) is 12.5 Å². The van der Waals surface area contributed by atoms with Gasteiger partial charge in [-0.05, 0) is 58.4 Å². The summed E-state index contributed by atoms with van der Waals surface area (Å²) in [5.74, 6) is 0.0734. The molecule has 0 heterocycles. The number of hydrogen-bond donors (Lipinski definition) is 2. The monoisotopic (exact) mass is 352 g/mol. The Morgan fingerprint density at radius 3 is 2.62 bits per heavy atom. The number of hydrogen-bond acceptors (Lipinski definition) is 3. The van der Waals surface area contributed by atoms with Gasteiger partial charge in [0.15, 0.2) is 0 Å². The molecule has 0 aliphatic heterocycles. The van der Waals surface area contributed by atoms with Crippen LogP contribution in [0.3, 0.4) is 0 Å². The van der Waals surface area contributed by atoms with E-state index in [1.165, 1.54) is 18.2 Å². The maximum absolute atomic E-state index is 12.9. The maximum Gasteiger partial charge on any atom is 0.227 e. The molecule has 4 nitrogen and oxygen atoms in total. The van der Waals surface area contributed by atoms with E-state index in [-0.39, 0.29) is 24.8 Å². The van der Waals surface area contributed by atoms with Crippen LogP contribution in [0.5, 0.6) is 5.75 Å². The summed E-state index contributed by atoms with van der Waals surface area (Å²) in [7, 11) is 0. The summed E-state index contributed by atoms with van der Waals surface area (Å²) in [4.78, 5) is 11.8. The Morgan fingerprint density at radius 1 is 1.24 bits per heavy atom. The molecule has 0 saturated heterocycles. The molecule has 0 fully saturated rings. The van der Waals surface area contributed by atoms with Crippen molar-refractivity contribution in [3.63, 3.8) is 0 Å². The van der Waals surface area contributed by atoms with E-state index in [4.69, 9.17) is 10.5 Å². The van der Waals surface area contributed by atoms with Crippen LogP contribution in [0.25, 0.3) is 0 Å². The highest BCUT2D eigenvalue weighted by atomic mass is 79.9. The molecule has 0 aromatic heterocycles. The van der Waals surface area contributed by atoms with Crippen molar-refractivity contribution in [2.45, 2.75) is 6.42 Å². The van der Waals surface area contributed by atoms with Gasteiger partial charge in [-0.25, -0.2) is 4.39 Å². The molecule has 2 aromatic carbocycles. The SMILES string of the molecule is Nc1ccc(OCCC(=O)Nc2ccc(F)cc2Br)cc1. The number of nitrogens with one attached hydrogen (secondary N) is 1. The summed E-state index contributed by atoms with van der Waals surface area (Å²) in [6, 6.07) is 11.0. The van der Waals surface area contributed by atoms with E-state index in [1.807, 2.05) is 0 Å². The number of ether oxygens (including phenoxy) is 1. The van der Waals surface area contributed by atoms with Crippen LogP contribution in [0.15, 0.2) is 46.9 Å². The Kier molecular flexibility index (Phi) is 5.16. The first kappa shape index (κ1) is 15.3. The lowest BCUT2D eigenvalue weighted by atomic mass is 10.3. The lowest BCUT2D eigenvalue weighted by molar-refractivity contribution is -0.116. The first-order valence-corrected chi connectivity index (χ1v) is 7.07. The Hall–Kier alpha value is -2.08. The quantitative estimate of drug-likeness (QED) is 0.808. The third-order valence-electron chi connectivity index (χ3n) is 2.68. The molecule has 0 saturated carbocycles. The lowest BCUT2D eigenvalue weighted by Gasteiger charge is -2.09. The molecule has 0 aliphatic rings. The molecule has 0 bridgehead atoms. The number of rotatable bonds is 5. The van der Waals surface area contributed by atoms with Crippen molar-refractivity contribution >= 4 is 33.2 Å². The van der Waals surface area contributed by atoms with E-state index < -0.39 is 0 Å². The van der Waals surface area contributed by atoms with Crippen LogP contribution in [0.4, 0.5) is 15.8 Å². The molecule has 0 atom stereocenters. The van der Waals surface area contributed by atoms with Crippen molar-refractivity contribution in [3.8, 4) is 5.75 Å². The number of amides is 1. The van der Waals surface area contributed by atoms with Crippen LogP contribution < -0.4 is 15.8 Å². The Morgan fingerprint density at radius 2 is 1.95 bits per heavy atom. The second-order valence-corrected chi connectivity index (χ2v) is 5.19. The van der Waals surface area contributed by atoms with E-state index in [0.29, 0.717) is 21.6 Å². The average molecular weight is 353 g/mol. The van der Waals surface area contributed by atoms with Gasteiger partial charge in [-0.3, -0.25) is 4.79 Å². The van der Waals surface area contributed by atoms with Crippen molar-refractivity contribution in [3.05, 3.63) is 52.8 Å². The molecule has 2 rings (SSSR count). The van der Waals surface area contributed by atoms with Gasteiger partial charge in [0.05, 0.1) is 18.7 Å². The number of carbonyl (C=O) groups is 1. The van der Waals surface area contributed by atoms with Crippen LogP contribution in [0.2, 0.25) is 0 Å². The average Bonchev–Trinajstić information content (AvgIpc) is 2.44. The Bertz CT molecular complexity index is 632. The van der Waals surface area contributed by atoms with Crippen molar-refractivity contribution in [2.75, 3.05) is 17.7 Å². The highest BCUT2D eigenvalue weighted by Gasteiger charge is 2.07. The number of benzene rings is 2. The van der Waals surface area contributed by atoms with Crippen LogP contribution in [-0.2, 0) is 4.79 Å². The molecular formula is C15H14BrFN2O2. The first-order chi connectivity index (χ1) is 10.0. The fourth-order valence-electron chi connectivity index (χ4n) is 1.63. The van der Waals surface area contributed by atoms with Gasteiger partial charge in [0.25, 0.3) is 0 Å². The summed E-state index contributed by atoms with van der Waals surface area (Å²) in [6.07, 6.45) is 0.189. The molecule has 21 heavy (non-hydrogen) atoms. The summed E-state index contributed by atoms with van der Waals surface area (Å²) >= 11 is 3.19. The number of nitrogens with two attached hydrogens (primary N) is 1. The van der Waals surface area contributed by atoms with Gasteiger partial charge in [0.2, 0.25) is 5.91 Å². The van der Waals surface area contributed by atoms with Gasteiger partial charge in [-0.1, -0.05) is 0 Å². The molecule has 110 valence electrons. The molecule has 6 heteroatoms. The fraction of sp³-hybridized carbons (Fsp3) is 0.133. The molecule has 0 aliphatic carbocycles. The van der Waals surface area contributed by atoms with E-state index in [9.17, 15) is 9.18 Å². The number of nitrogen functional groups attached to an aromatic ring is 1. The van der Waals surface area contributed by atoms with Gasteiger partial charge in [-0.15, -0.1) is 0 Å². The van der Waals surface area contributed by atoms with Gasteiger partial charge in [0.1, 0.15) is 11.6 Å². The first-order valence-electron chi connectivity index (χ1n) is 6.28. The van der Waals surface area contributed by atoms with E-state index in [2.05, 4.69) is 21.2 Å². The van der Waals surface area contributed by atoms with Gasteiger partial charge in [0, 0.05) is 10.2 Å². The normalized spacial score (nSPS) is 10.2. The van der Waals surface area contributed by atoms with Crippen molar-refractivity contribution in [1.29, 1.82) is 0 Å². The third-order valence-corrected chi connectivity index (χ3v) is 3.34. The van der Waals surface area contributed by atoms with Gasteiger partial charge < -0.3 is 15.8 Å². The van der Waals surface area contributed by atoms with E-state index in [1.54, 1.807) is 24.3 Å². The zero-order chi connectivity index (χ0) is 15.2. The minimum Gasteiger partial charge on any atom is -0.493 e. The molecule has 2 aromatic rings. The number of anilines is 2. The number of halogens is 2. The zero-order valence-electron chi connectivity index (χ0n) is 11.1. The maximum atomic E-state index is 12.9. The molecule has 0 radical (unpaired) electrons. The smallest absolute Gasteiger partial charge is 0.227 e. The molecule has 0 unspecified atom stereocenters. The van der Waals surface area contributed by atoms with Crippen molar-refractivity contribution in [2.24, 2.45) is 0 Å². The Balaban J connectivity index is 1.81. The van der Waals surface area contributed by atoms with Crippen molar-refractivity contribution in [1.82, 2.24) is 0 Å². The second kappa shape index (κ2) is 7.08. The molecule has 3 N–H and O–H groups in total. The minimum absolute atomic E-state index is 0.189. The summed E-state index contributed by atoms with van der Waals surface area (Å²) in [5.41, 5.74) is 6.74. The standard InChI is InChI=1S/C15H14BrFN2O2/c16-13-9-10(17)1-6-14(13)19-15(20)7-8-21-12-4-2-11(18)3-5-12/h1-6,9H,7-8,18H2,(H,19,20).